The Morgan fingerprint density at radius 3 is 2.63 bits per heavy atom. The van der Waals surface area contributed by atoms with Crippen LogP contribution in [0.3, 0.4) is 0 Å². The van der Waals surface area contributed by atoms with E-state index >= 15 is 0 Å². The zero-order chi connectivity index (χ0) is 19.2. The number of hydrogen-bond donors (Lipinski definition) is 2. The van der Waals surface area contributed by atoms with Gasteiger partial charge in [-0.05, 0) is 24.3 Å². The summed E-state index contributed by atoms with van der Waals surface area (Å²) in [4.78, 5) is 29.5. The number of anilines is 1. The van der Waals surface area contributed by atoms with Crippen LogP contribution in [0.4, 0.5) is 5.69 Å². The maximum atomic E-state index is 12.8. The van der Waals surface area contributed by atoms with Crippen molar-refractivity contribution in [1.82, 2.24) is 14.7 Å². The normalized spacial score (nSPS) is 10.6. The first-order valence-electron chi connectivity index (χ1n) is 8.34. The van der Waals surface area contributed by atoms with Gasteiger partial charge in [-0.3, -0.25) is 14.0 Å². The number of amides is 2. The number of fused-ring (bicyclic) bond motifs is 1. The van der Waals surface area contributed by atoms with Gasteiger partial charge in [0.05, 0.1) is 24.9 Å². The van der Waals surface area contributed by atoms with Crippen molar-refractivity contribution in [2.24, 2.45) is 0 Å². The molecule has 0 saturated carbocycles. The number of ether oxygens (including phenoxy) is 2. The van der Waals surface area contributed by atoms with Gasteiger partial charge in [0.25, 0.3) is 11.8 Å². The zero-order valence-electron chi connectivity index (χ0n) is 15.1. The molecule has 27 heavy (non-hydrogen) atoms. The molecule has 8 heteroatoms. The van der Waals surface area contributed by atoms with Crippen molar-refractivity contribution in [3.8, 4) is 5.75 Å². The molecular weight excluding hydrogens is 348 g/mol. The molecule has 0 radical (unpaired) electrons. The molecule has 2 heterocycles. The Morgan fingerprint density at radius 1 is 1.07 bits per heavy atom. The van der Waals surface area contributed by atoms with E-state index in [-0.39, 0.29) is 17.4 Å². The van der Waals surface area contributed by atoms with E-state index in [1.54, 1.807) is 54.1 Å². The standard InChI is InChI=1S/C19H20N4O4/c1-26-12-10-20-19(25)17-22-16(14-8-5-6-11-23(14)17)18(24)21-13-7-3-4-9-15(13)27-2/h3-9,11H,10,12H2,1-2H3,(H,20,25)(H,21,24). The van der Waals surface area contributed by atoms with E-state index < -0.39 is 5.91 Å². The van der Waals surface area contributed by atoms with Gasteiger partial charge in [-0.2, -0.15) is 0 Å². The average molecular weight is 368 g/mol. The highest BCUT2D eigenvalue weighted by Gasteiger charge is 2.22. The quantitative estimate of drug-likeness (QED) is 0.622. The van der Waals surface area contributed by atoms with Gasteiger partial charge in [-0.25, -0.2) is 4.98 Å². The molecule has 0 bridgehead atoms. The highest BCUT2D eigenvalue weighted by atomic mass is 16.5. The summed E-state index contributed by atoms with van der Waals surface area (Å²) in [6, 6.07) is 12.4. The molecule has 2 aromatic heterocycles. The minimum Gasteiger partial charge on any atom is -0.495 e. The van der Waals surface area contributed by atoms with Crippen LogP contribution in [0.25, 0.3) is 5.52 Å². The molecule has 0 unspecified atom stereocenters. The van der Waals surface area contributed by atoms with Crippen LogP contribution in [0.15, 0.2) is 48.7 Å². The predicted molar refractivity (Wildman–Crippen MR) is 100 cm³/mol. The fourth-order valence-corrected chi connectivity index (χ4v) is 2.64. The number of hydrogen-bond acceptors (Lipinski definition) is 5. The third-order valence-corrected chi connectivity index (χ3v) is 3.91. The zero-order valence-corrected chi connectivity index (χ0v) is 15.1. The number of rotatable bonds is 7. The SMILES string of the molecule is COCCNC(=O)c1nc(C(=O)Nc2ccccc2OC)c2ccccn12. The Morgan fingerprint density at radius 2 is 1.85 bits per heavy atom. The number of nitrogens with zero attached hydrogens (tertiary/aromatic N) is 2. The first-order chi connectivity index (χ1) is 13.2. The smallest absolute Gasteiger partial charge is 0.287 e. The Balaban J connectivity index is 1.92. The number of aromatic nitrogens is 2. The highest BCUT2D eigenvalue weighted by Crippen LogP contribution is 2.24. The summed E-state index contributed by atoms with van der Waals surface area (Å²) in [5, 5.41) is 5.50. The summed E-state index contributed by atoms with van der Waals surface area (Å²) in [7, 11) is 3.08. The second-order valence-corrected chi connectivity index (χ2v) is 5.64. The maximum Gasteiger partial charge on any atom is 0.287 e. The fourth-order valence-electron chi connectivity index (χ4n) is 2.64. The molecule has 0 spiro atoms. The largest absolute Gasteiger partial charge is 0.495 e. The van der Waals surface area contributed by atoms with E-state index in [1.807, 2.05) is 6.07 Å². The number of pyridine rings is 1. The van der Waals surface area contributed by atoms with Gasteiger partial charge in [0.2, 0.25) is 5.82 Å². The molecule has 140 valence electrons. The Labute approximate surface area is 156 Å². The van der Waals surface area contributed by atoms with E-state index in [1.165, 1.54) is 7.11 Å². The summed E-state index contributed by atoms with van der Waals surface area (Å²) in [6.45, 7) is 0.732. The van der Waals surface area contributed by atoms with Crippen LogP contribution in [0.1, 0.15) is 21.1 Å². The van der Waals surface area contributed by atoms with Crippen molar-refractivity contribution in [2.45, 2.75) is 0 Å². The second kappa shape index (κ2) is 8.33. The van der Waals surface area contributed by atoms with Crippen LogP contribution in [-0.4, -0.2) is 48.6 Å². The van der Waals surface area contributed by atoms with Gasteiger partial charge in [0.1, 0.15) is 5.75 Å². The van der Waals surface area contributed by atoms with E-state index in [0.717, 1.165) is 0 Å². The number of carbonyl (C=O) groups is 2. The first kappa shape index (κ1) is 18.4. The molecule has 0 atom stereocenters. The van der Waals surface area contributed by atoms with E-state index in [0.29, 0.717) is 30.1 Å². The number of carbonyl (C=O) groups excluding carboxylic acids is 2. The van der Waals surface area contributed by atoms with Crippen molar-refractivity contribution in [3.05, 3.63) is 60.2 Å². The molecule has 0 aliphatic carbocycles. The molecule has 0 fully saturated rings. The molecule has 2 N–H and O–H groups in total. The number of imidazole rings is 1. The van der Waals surface area contributed by atoms with Crippen LogP contribution in [0, 0.1) is 0 Å². The van der Waals surface area contributed by atoms with Crippen molar-refractivity contribution in [2.75, 3.05) is 32.7 Å². The third kappa shape index (κ3) is 3.90. The minimum absolute atomic E-state index is 0.131. The maximum absolute atomic E-state index is 12.8. The summed E-state index contributed by atoms with van der Waals surface area (Å²) >= 11 is 0. The Kier molecular flexibility index (Phi) is 5.68. The van der Waals surface area contributed by atoms with Crippen LogP contribution in [0.5, 0.6) is 5.75 Å². The number of methoxy groups -OCH3 is 2. The Bertz CT molecular complexity index is 967. The van der Waals surface area contributed by atoms with Gasteiger partial charge in [0, 0.05) is 19.9 Å². The number of nitrogens with one attached hydrogen (secondary N) is 2. The monoisotopic (exact) mass is 368 g/mol. The second-order valence-electron chi connectivity index (χ2n) is 5.64. The lowest BCUT2D eigenvalue weighted by atomic mass is 10.2. The molecule has 0 aliphatic heterocycles. The lowest BCUT2D eigenvalue weighted by Gasteiger charge is -2.08. The molecule has 2 amide bonds. The molecule has 0 aliphatic rings. The van der Waals surface area contributed by atoms with Crippen LogP contribution in [-0.2, 0) is 4.74 Å². The van der Waals surface area contributed by atoms with Gasteiger partial charge in [-0.1, -0.05) is 18.2 Å². The van der Waals surface area contributed by atoms with E-state index in [9.17, 15) is 9.59 Å². The van der Waals surface area contributed by atoms with Crippen molar-refractivity contribution in [1.29, 1.82) is 0 Å². The number of benzene rings is 1. The molecule has 8 nitrogen and oxygen atoms in total. The van der Waals surface area contributed by atoms with Crippen LogP contribution in [0.2, 0.25) is 0 Å². The summed E-state index contributed by atoms with van der Waals surface area (Å²) < 4.78 is 11.8. The summed E-state index contributed by atoms with van der Waals surface area (Å²) in [6.07, 6.45) is 1.69. The van der Waals surface area contributed by atoms with Gasteiger partial charge in [-0.15, -0.1) is 0 Å². The van der Waals surface area contributed by atoms with Crippen molar-refractivity contribution in [3.63, 3.8) is 0 Å². The predicted octanol–water partition coefficient (Wildman–Crippen LogP) is 1.97. The first-order valence-corrected chi connectivity index (χ1v) is 8.34. The van der Waals surface area contributed by atoms with Crippen LogP contribution >= 0.6 is 0 Å². The molecular formula is C19H20N4O4. The molecule has 3 aromatic rings. The lowest BCUT2D eigenvalue weighted by molar-refractivity contribution is 0.0926. The third-order valence-electron chi connectivity index (χ3n) is 3.91. The summed E-state index contributed by atoms with van der Waals surface area (Å²) in [5.74, 6) is -0.150. The molecule has 3 rings (SSSR count). The van der Waals surface area contributed by atoms with Crippen LogP contribution < -0.4 is 15.4 Å². The molecule has 0 saturated heterocycles. The van der Waals surface area contributed by atoms with E-state index in [4.69, 9.17) is 9.47 Å². The summed E-state index contributed by atoms with van der Waals surface area (Å²) in [5.41, 5.74) is 1.20. The topological polar surface area (TPSA) is 94.0 Å². The molecule has 1 aromatic carbocycles. The van der Waals surface area contributed by atoms with Gasteiger partial charge < -0.3 is 20.1 Å². The van der Waals surface area contributed by atoms with Gasteiger partial charge >= 0.3 is 0 Å². The highest BCUT2D eigenvalue weighted by molar-refractivity contribution is 6.09. The average Bonchev–Trinajstić information content (AvgIpc) is 3.08. The lowest BCUT2D eigenvalue weighted by Crippen LogP contribution is -2.28. The Hall–Kier alpha value is -3.39. The van der Waals surface area contributed by atoms with Crippen molar-refractivity contribution < 1.29 is 19.1 Å². The van der Waals surface area contributed by atoms with Gasteiger partial charge in [0.15, 0.2) is 5.69 Å². The fraction of sp³-hybridized carbons (Fsp3) is 0.211. The van der Waals surface area contributed by atoms with Crippen molar-refractivity contribution >= 4 is 23.0 Å². The number of para-hydroxylation sites is 2. The minimum atomic E-state index is -0.431. The van der Waals surface area contributed by atoms with E-state index in [2.05, 4.69) is 15.6 Å².